The summed E-state index contributed by atoms with van der Waals surface area (Å²) in [5, 5.41) is 15.4. The summed E-state index contributed by atoms with van der Waals surface area (Å²) in [6.07, 6.45) is -4.84. The molecule has 8 nitrogen and oxygen atoms in total. The van der Waals surface area contributed by atoms with E-state index in [1.165, 1.54) is 12.1 Å². The molecule has 0 radical (unpaired) electrons. The normalized spacial score (nSPS) is 18.7. The van der Waals surface area contributed by atoms with Gasteiger partial charge in [-0.25, -0.2) is 4.79 Å². The SMILES string of the molecule is CC(C)NC(=O)Nc1cccc2c1O[C@H](CN(C)Cc1ccc(C(F)(F)F)cc1)[C@H](C)CN([C@H](C)CO)C2=O. The van der Waals surface area contributed by atoms with E-state index >= 15 is 0 Å². The van der Waals surface area contributed by atoms with Gasteiger partial charge < -0.3 is 25.4 Å². The number of fused-ring (bicyclic) bond motifs is 1. The van der Waals surface area contributed by atoms with Crippen LogP contribution in [0.4, 0.5) is 23.7 Å². The number of aliphatic hydroxyl groups is 1. The number of hydrogen-bond acceptors (Lipinski definition) is 5. The molecule has 0 fully saturated rings. The smallest absolute Gasteiger partial charge is 0.416 e. The van der Waals surface area contributed by atoms with Gasteiger partial charge in [0, 0.05) is 31.6 Å². The summed E-state index contributed by atoms with van der Waals surface area (Å²) in [6.45, 7) is 8.23. The van der Waals surface area contributed by atoms with Gasteiger partial charge in [0.2, 0.25) is 0 Å². The van der Waals surface area contributed by atoms with Crippen LogP contribution >= 0.6 is 0 Å². The first kappa shape index (κ1) is 30.2. The highest BCUT2D eigenvalue weighted by molar-refractivity contribution is 6.01. The van der Waals surface area contributed by atoms with E-state index in [-0.39, 0.29) is 35.8 Å². The number of aliphatic hydroxyl groups excluding tert-OH is 1. The summed E-state index contributed by atoms with van der Waals surface area (Å²) in [5.74, 6) is -0.261. The Bertz CT molecular complexity index is 1140. The second kappa shape index (κ2) is 12.7. The summed E-state index contributed by atoms with van der Waals surface area (Å²) in [5.41, 5.74) is 0.606. The van der Waals surface area contributed by atoms with Gasteiger partial charge in [-0.1, -0.05) is 25.1 Å². The lowest BCUT2D eigenvalue weighted by Crippen LogP contribution is -2.49. The minimum absolute atomic E-state index is 0.106. The Morgan fingerprint density at radius 1 is 1.18 bits per heavy atom. The number of carbonyl (C=O) groups excluding carboxylic acids is 2. The zero-order chi connectivity index (χ0) is 28.9. The van der Waals surface area contributed by atoms with Crippen molar-refractivity contribution < 1.29 is 32.6 Å². The molecular weight excluding hydrogens is 513 g/mol. The zero-order valence-electron chi connectivity index (χ0n) is 22.9. The second-order valence-corrected chi connectivity index (χ2v) is 10.4. The zero-order valence-corrected chi connectivity index (χ0v) is 22.9. The molecule has 11 heteroatoms. The Hall–Kier alpha value is -3.31. The van der Waals surface area contributed by atoms with Crippen LogP contribution in [0.15, 0.2) is 42.5 Å². The van der Waals surface area contributed by atoms with E-state index in [1.54, 1.807) is 30.0 Å². The molecule has 0 bridgehead atoms. The molecule has 214 valence electrons. The summed E-state index contributed by atoms with van der Waals surface area (Å²) >= 11 is 0. The number of amides is 3. The lowest BCUT2D eigenvalue weighted by Gasteiger charge is -2.38. The maximum absolute atomic E-state index is 13.5. The van der Waals surface area contributed by atoms with Gasteiger partial charge in [-0.05, 0) is 57.6 Å². The Balaban J connectivity index is 1.90. The number of hydrogen-bond donors (Lipinski definition) is 3. The van der Waals surface area contributed by atoms with Crippen molar-refractivity contribution in [2.75, 3.05) is 32.1 Å². The van der Waals surface area contributed by atoms with E-state index < -0.39 is 29.9 Å². The molecule has 3 amide bonds. The Morgan fingerprint density at radius 3 is 2.44 bits per heavy atom. The maximum Gasteiger partial charge on any atom is 0.416 e. The van der Waals surface area contributed by atoms with Crippen LogP contribution in [0.5, 0.6) is 5.75 Å². The average molecular weight is 551 g/mol. The van der Waals surface area contributed by atoms with E-state index in [2.05, 4.69) is 10.6 Å². The van der Waals surface area contributed by atoms with Gasteiger partial charge in [-0.3, -0.25) is 9.69 Å². The number of likely N-dealkylation sites (N-methyl/N-ethyl adjacent to an activating group) is 1. The first-order valence-corrected chi connectivity index (χ1v) is 12.9. The lowest BCUT2D eigenvalue weighted by atomic mass is 9.98. The Kier molecular flexibility index (Phi) is 9.84. The highest BCUT2D eigenvalue weighted by atomic mass is 19.4. The molecule has 2 aromatic carbocycles. The molecule has 1 aliphatic heterocycles. The van der Waals surface area contributed by atoms with Gasteiger partial charge in [0.25, 0.3) is 5.91 Å². The summed E-state index contributed by atoms with van der Waals surface area (Å²) in [4.78, 5) is 29.6. The van der Waals surface area contributed by atoms with Crippen molar-refractivity contribution in [1.29, 1.82) is 0 Å². The molecule has 0 spiro atoms. The predicted molar refractivity (Wildman–Crippen MR) is 143 cm³/mol. The molecule has 3 rings (SSSR count). The number of anilines is 1. The van der Waals surface area contributed by atoms with Crippen molar-refractivity contribution in [3.05, 3.63) is 59.2 Å². The van der Waals surface area contributed by atoms with Crippen molar-refractivity contribution in [2.24, 2.45) is 5.92 Å². The first-order valence-electron chi connectivity index (χ1n) is 12.9. The molecule has 0 unspecified atom stereocenters. The molecule has 0 aromatic heterocycles. The average Bonchev–Trinajstić information content (AvgIpc) is 2.85. The molecule has 0 saturated heterocycles. The molecule has 39 heavy (non-hydrogen) atoms. The highest BCUT2D eigenvalue weighted by Crippen LogP contribution is 2.35. The van der Waals surface area contributed by atoms with Gasteiger partial charge in [0.05, 0.1) is 29.5 Å². The van der Waals surface area contributed by atoms with Crippen molar-refractivity contribution in [3.63, 3.8) is 0 Å². The number of para-hydroxylation sites is 1. The van der Waals surface area contributed by atoms with Crippen LogP contribution in [-0.2, 0) is 12.7 Å². The van der Waals surface area contributed by atoms with Crippen LogP contribution in [0.2, 0.25) is 0 Å². The second-order valence-electron chi connectivity index (χ2n) is 10.4. The Morgan fingerprint density at radius 2 is 1.85 bits per heavy atom. The van der Waals surface area contributed by atoms with Gasteiger partial charge in [0.15, 0.2) is 5.75 Å². The van der Waals surface area contributed by atoms with Crippen LogP contribution in [0.3, 0.4) is 0 Å². The number of carbonyl (C=O) groups is 2. The molecule has 0 aliphatic carbocycles. The summed E-state index contributed by atoms with van der Waals surface area (Å²) in [7, 11) is 1.84. The number of urea groups is 1. The minimum Gasteiger partial charge on any atom is -0.486 e. The van der Waals surface area contributed by atoms with Crippen molar-refractivity contribution in [3.8, 4) is 5.75 Å². The molecule has 1 heterocycles. The minimum atomic E-state index is -4.40. The van der Waals surface area contributed by atoms with Crippen LogP contribution in [0.25, 0.3) is 0 Å². The van der Waals surface area contributed by atoms with E-state index in [4.69, 9.17) is 4.74 Å². The Labute approximate surface area is 227 Å². The fourth-order valence-corrected chi connectivity index (χ4v) is 4.46. The van der Waals surface area contributed by atoms with Crippen LogP contribution in [0.1, 0.15) is 49.2 Å². The number of rotatable bonds is 8. The molecule has 1 aliphatic rings. The van der Waals surface area contributed by atoms with E-state index in [9.17, 15) is 27.9 Å². The lowest BCUT2D eigenvalue weighted by molar-refractivity contribution is -0.137. The topological polar surface area (TPSA) is 94.1 Å². The number of nitrogens with zero attached hydrogens (tertiary/aromatic N) is 2. The van der Waals surface area contributed by atoms with Crippen LogP contribution < -0.4 is 15.4 Å². The number of ether oxygens (including phenoxy) is 1. The van der Waals surface area contributed by atoms with E-state index in [0.717, 1.165) is 12.1 Å². The third-order valence-corrected chi connectivity index (χ3v) is 6.58. The van der Waals surface area contributed by atoms with Crippen LogP contribution in [-0.4, -0.2) is 71.8 Å². The van der Waals surface area contributed by atoms with Gasteiger partial charge in [-0.15, -0.1) is 0 Å². The molecule has 2 aromatic rings. The standard InChI is InChI=1S/C28H37F3N4O4/c1-17(2)32-27(38)33-23-8-6-7-22-25(23)39-24(18(3)13-35(26(22)37)19(4)16-36)15-34(5)14-20-9-11-21(12-10-20)28(29,30)31/h6-12,17-19,24,36H,13-16H2,1-5H3,(H2,32,33,38)/t18-,19-,24-/m1/s1. The largest absolute Gasteiger partial charge is 0.486 e. The highest BCUT2D eigenvalue weighted by Gasteiger charge is 2.35. The van der Waals surface area contributed by atoms with Gasteiger partial charge in [0.1, 0.15) is 6.10 Å². The number of alkyl halides is 3. The third-order valence-electron chi connectivity index (χ3n) is 6.58. The van der Waals surface area contributed by atoms with E-state index in [1.807, 2.05) is 32.7 Å². The fraction of sp³-hybridized carbons (Fsp3) is 0.500. The van der Waals surface area contributed by atoms with Crippen molar-refractivity contribution >= 4 is 17.6 Å². The molecule has 3 N–H and O–H groups in total. The summed E-state index contributed by atoms with van der Waals surface area (Å²) < 4.78 is 45.3. The number of benzene rings is 2. The third kappa shape index (κ3) is 7.86. The van der Waals surface area contributed by atoms with Crippen LogP contribution in [0, 0.1) is 5.92 Å². The van der Waals surface area contributed by atoms with E-state index in [0.29, 0.717) is 30.9 Å². The quantitative estimate of drug-likeness (QED) is 0.447. The molecule has 0 saturated carbocycles. The summed E-state index contributed by atoms with van der Waals surface area (Å²) in [6, 6.07) is 8.97. The van der Waals surface area contributed by atoms with Gasteiger partial charge in [-0.2, -0.15) is 13.2 Å². The first-order chi connectivity index (χ1) is 18.3. The molecular formula is C28H37F3N4O4. The fourth-order valence-electron chi connectivity index (χ4n) is 4.46. The predicted octanol–water partition coefficient (Wildman–Crippen LogP) is 4.59. The monoisotopic (exact) mass is 550 g/mol. The van der Waals surface area contributed by atoms with Gasteiger partial charge >= 0.3 is 12.2 Å². The number of halogens is 3. The van der Waals surface area contributed by atoms with Crippen molar-refractivity contribution in [1.82, 2.24) is 15.1 Å². The van der Waals surface area contributed by atoms with Crippen molar-refractivity contribution in [2.45, 2.75) is 58.6 Å². The number of nitrogens with one attached hydrogen (secondary N) is 2. The maximum atomic E-state index is 13.5. The molecule has 3 atom stereocenters.